The van der Waals surface area contributed by atoms with Gasteiger partial charge in [0.2, 0.25) is 0 Å². The minimum Gasteiger partial charge on any atom is -0.467 e. The Morgan fingerprint density at radius 2 is 2.03 bits per heavy atom. The molecule has 1 fully saturated rings. The van der Waals surface area contributed by atoms with E-state index >= 15 is 0 Å². The van der Waals surface area contributed by atoms with Crippen LogP contribution in [-0.4, -0.2) is 43.7 Å². The Bertz CT molecular complexity index is 746. The molecule has 3 heterocycles. The zero-order valence-corrected chi connectivity index (χ0v) is 20.8. The van der Waals surface area contributed by atoms with Crippen molar-refractivity contribution < 1.29 is 9.15 Å². The Labute approximate surface area is 203 Å². The quantitative estimate of drug-likeness (QED) is 0.202. The van der Waals surface area contributed by atoms with E-state index in [-0.39, 0.29) is 24.0 Å². The number of hydrogen-bond acceptors (Lipinski definition) is 5. The number of ether oxygens (including phenoxy) is 1. The fourth-order valence-corrected chi connectivity index (χ4v) is 3.49. The molecule has 1 aliphatic rings. The van der Waals surface area contributed by atoms with E-state index in [1.54, 1.807) is 6.26 Å². The second-order valence-electron chi connectivity index (χ2n) is 7.53. The number of hydrogen-bond donors (Lipinski definition) is 2. The van der Waals surface area contributed by atoms with Gasteiger partial charge in [0, 0.05) is 39.0 Å². The Morgan fingerprint density at radius 3 is 2.77 bits per heavy atom. The van der Waals surface area contributed by atoms with Crippen LogP contribution in [0.25, 0.3) is 0 Å². The predicted octanol–water partition coefficient (Wildman–Crippen LogP) is 4.34. The second-order valence-corrected chi connectivity index (χ2v) is 7.53. The lowest BCUT2D eigenvalue weighted by atomic mass is 10.2. The van der Waals surface area contributed by atoms with Gasteiger partial charge in [0.1, 0.15) is 18.2 Å². The van der Waals surface area contributed by atoms with E-state index in [1.165, 1.54) is 31.2 Å². The van der Waals surface area contributed by atoms with Crippen molar-refractivity contribution in [1.82, 2.24) is 15.6 Å². The summed E-state index contributed by atoms with van der Waals surface area (Å²) in [4.78, 5) is 11.7. The molecule has 3 rings (SSSR count). The van der Waals surface area contributed by atoms with Crippen molar-refractivity contribution in [2.75, 3.05) is 37.7 Å². The van der Waals surface area contributed by atoms with Crippen LogP contribution in [0.1, 0.15) is 50.4 Å². The standard InChI is InChI=1S/C23H35N5O2.HI/c1-2-24-23(26-11-8-15-29-19-21-9-7-16-30-21)27-18-20-10-12-25-22(17-20)28-13-5-3-4-6-14-28;/h7,9-10,12,16-17H,2-6,8,11,13-15,18-19H2,1H3,(H2,24,26,27);1H. The summed E-state index contributed by atoms with van der Waals surface area (Å²) in [6.07, 6.45) is 9.63. The first-order valence-electron chi connectivity index (χ1n) is 11.2. The number of pyridine rings is 1. The van der Waals surface area contributed by atoms with Crippen LogP contribution in [0.2, 0.25) is 0 Å². The highest BCUT2D eigenvalue weighted by Gasteiger charge is 2.11. The SMILES string of the molecule is CCNC(=NCc1ccnc(N2CCCCCC2)c1)NCCCOCc1ccco1.I. The van der Waals surface area contributed by atoms with E-state index < -0.39 is 0 Å². The molecule has 0 aromatic carbocycles. The van der Waals surface area contributed by atoms with Crippen LogP contribution >= 0.6 is 24.0 Å². The summed E-state index contributed by atoms with van der Waals surface area (Å²) in [5.41, 5.74) is 1.18. The third-order valence-corrected chi connectivity index (χ3v) is 5.09. The van der Waals surface area contributed by atoms with Gasteiger partial charge < -0.3 is 24.7 Å². The van der Waals surface area contributed by atoms with E-state index in [1.807, 2.05) is 18.3 Å². The van der Waals surface area contributed by atoms with Crippen LogP contribution in [0.4, 0.5) is 5.82 Å². The van der Waals surface area contributed by atoms with Gasteiger partial charge in [-0.05, 0) is 56.0 Å². The van der Waals surface area contributed by atoms with Crippen LogP contribution in [0.15, 0.2) is 46.1 Å². The molecule has 0 bridgehead atoms. The van der Waals surface area contributed by atoms with Crippen molar-refractivity contribution >= 4 is 35.8 Å². The summed E-state index contributed by atoms with van der Waals surface area (Å²) in [7, 11) is 0. The van der Waals surface area contributed by atoms with Crippen LogP contribution in [0, 0.1) is 0 Å². The summed E-state index contributed by atoms with van der Waals surface area (Å²) in [5.74, 6) is 2.77. The van der Waals surface area contributed by atoms with E-state index in [2.05, 4.69) is 39.6 Å². The molecule has 0 saturated carbocycles. The molecule has 172 valence electrons. The fraction of sp³-hybridized carbons (Fsp3) is 0.565. The highest BCUT2D eigenvalue weighted by molar-refractivity contribution is 14.0. The zero-order valence-electron chi connectivity index (χ0n) is 18.5. The average molecular weight is 541 g/mol. The maximum absolute atomic E-state index is 5.62. The van der Waals surface area contributed by atoms with Gasteiger partial charge in [-0.3, -0.25) is 0 Å². The molecule has 0 aliphatic carbocycles. The number of furan rings is 1. The summed E-state index contributed by atoms with van der Waals surface area (Å²) in [6.45, 7) is 7.74. The first-order valence-corrected chi connectivity index (χ1v) is 11.2. The van der Waals surface area contributed by atoms with Crippen molar-refractivity contribution in [2.24, 2.45) is 4.99 Å². The van der Waals surface area contributed by atoms with Crippen LogP contribution < -0.4 is 15.5 Å². The fourth-order valence-electron chi connectivity index (χ4n) is 3.49. The number of nitrogens with zero attached hydrogens (tertiary/aromatic N) is 3. The summed E-state index contributed by atoms with van der Waals surface area (Å²) >= 11 is 0. The predicted molar refractivity (Wildman–Crippen MR) is 136 cm³/mol. The molecule has 31 heavy (non-hydrogen) atoms. The average Bonchev–Trinajstić information content (AvgIpc) is 3.14. The lowest BCUT2D eigenvalue weighted by Gasteiger charge is -2.21. The van der Waals surface area contributed by atoms with Crippen molar-refractivity contribution in [3.05, 3.63) is 48.0 Å². The van der Waals surface area contributed by atoms with Crippen molar-refractivity contribution in [1.29, 1.82) is 0 Å². The molecule has 1 aliphatic heterocycles. The largest absolute Gasteiger partial charge is 0.467 e. The van der Waals surface area contributed by atoms with Gasteiger partial charge >= 0.3 is 0 Å². The Balaban J connectivity index is 0.00000341. The first kappa shape index (κ1) is 25.5. The van der Waals surface area contributed by atoms with Crippen LogP contribution in [0.5, 0.6) is 0 Å². The number of nitrogens with one attached hydrogen (secondary N) is 2. The Kier molecular flexibility index (Phi) is 12.4. The number of aliphatic imine (C=N–C) groups is 1. The molecule has 7 nitrogen and oxygen atoms in total. The van der Waals surface area contributed by atoms with Gasteiger partial charge in [-0.2, -0.15) is 0 Å². The normalized spacial score (nSPS) is 14.6. The summed E-state index contributed by atoms with van der Waals surface area (Å²) in [5, 5.41) is 6.69. The molecule has 1 saturated heterocycles. The van der Waals surface area contributed by atoms with E-state index in [4.69, 9.17) is 14.1 Å². The third-order valence-electron chi connectivity index (χ3n) is 5.09. The van der Waals surface area contributed by atoms with Crippen LogP contribution in [0.3, 0.4) is 0 Å². The highest BCUT2D eigenvalue weighted by atomic mass is 127. The third kappa shape index (κ3) is 9.47. The monoisotopic (exact) mass is 541 g/mol. The number of aromatic nitrogens is 1. The van der Waals surface area contributed by atoms with E-state index in [0.29, 0.717) is 19.8 Å². The van der Waals surface area contributed by atoms with Crippen LogP contribution in [-0.2, 0) is 17.9 Å². The molecule has 2 N–H and O–H groups in total. The zero-order chi connectivity index (χ0) is 20.9. The van der Waals surface area contributed by atoms with Gasteiger partial charge in [-0.15, -0.1) is 24.0 Å². The molecule has 0 radical (unpaired) electrons. The number of anilines is 1. The van der Waals surface area contributed by atoms with Gasteiger partial charge in [0.15, 0.2) is 5.96 Å². The molecular formula is C23H36IN5O2. The number of guanidine groups is 1. The topological polar surface area (TPSA) is 74.9 Å². The van der Waals surface area contributed by atoms with Crippen molar-refractivity contribution in [3.8, 4) is 0 Å². The van der Waals surface area contributed by atoms with Gasteiger partial charge in [0.05, 0.1) is 12.8 Å². The van der Waals surface area contributed by atoms with Gasteiger partial charge in [-0.25, -0.2) is 9.98 Å². The number of halogens is 1. The molecule has 2 aromatic rings. The molecule has 8 heteroatoms. The molecule has 0 amide bonds. The van der Waals surface area contributed by atoms with Gasteiger partial charge in [-0.1, -0.05) is 12.8 Å². The number of rotatable bonds is 10. The van der Waals surface area contributed by atoms with E-state index in [9.17, 15) is 0 Å². The second kappa shape index (κ2) is 15.1. The lowest BCUT2D eigenvalue weighted by Crippen LogP contribution is -2.38. The van der Waals surface area contributed by atoms with Gasteiger partial charge in [0.25, 0.3) is 0 Å². The summed E-state index contributed by atoms with van der Waals surface area (Å²) in [6, 6.07) is 8.03. The maximum atomic E-state index is 5.62. The molecule has 0 unspecified atom stereocenters. The van der Waals surface area contributed by atoms with Crippen molar-refractivity contribution in [3.63, 3.8) is 0 Å². The first-order chi connectivity index (χ1) is 14.8. The maximum Gasteiger partial charge on any atom is 0.191 e. The Morgan fingerprint density at radius 1 is 1.19 bits per heavy atom. The van der Waals surface area contributed by atoms with Crippen molar-refractivity contribution in [2.45, 2.75) is 52.2 Å². The minimum atomic E-state index is 0. The highest BCUT2D eigenvalue weighted by Crippen LogP contribution is 2.18. The molecule has 2 aromatic heterocycles. The molecule has 0 spiro atoms. The summed E-state index contributed by atoms with van der Waals surface area (Å²) < 4.78 is 10.9. The van der Waals surface area contributed by atoms with E-state index in [0.717, 1.165) is 50.1 Å². The molecular weight excluding hydrogens is 505 g/mol. The lowest BCUT2D eigenvalue weighted by molar-refractivity contribution is 0.105. The smallest absolute Gasteiger partial charge is 0.191 e. The Hall–Kier alpha value is -1.81. The minimum absolute atomic E-state index is 0. The molecule has 0 atom stereocenters.